The zero-order valence-corrected chi connectivity index (χ0v) is 31.1. The van der Waals surface area contributed by atoms with Crippen LogP contribution in [0.15, 0.2) is 122 Å². The molecule has 4 aromatic carbocycles. The molecule has 2 aliphatic heterocycles. The summed E-state index contributed by atoms with van der Waals surface area (Å²) in [5.74, 6) is 1.30. The van der Waals surface area contributed by atoms with Gasteiger partial charge in [-0.25, -0.2) is 15.0 Å². The third-order valence-electron chi connectivity index (χ3n) is 10.3. The van der Waals surface area contributed by atoms with E-state index in [0.717, 1.165) is 29.5 Å². The van der Waals surface area contributed by atoms with Gasteiger partial charge in [0.1, 0.15) is 41.7 Å². The van der Waals surface area contributed by atoms with Crippen LogP contribution in [0.3, 0.4) is 0 Å². The summed E-state index contributed by atoms with van der Waals surface area (Å²) in [7, 11) is 3.26. The van der Waals surface area contributed by atoms with E-state index in [4.69, 9.17) is 28.4 Å². The molecule has 0 saturated carbocycles. The molecule has 2 fully saturated rings. The van der Waals surface area contributed by atoms with Crippen LogP contribution in [-0.4, -0.2) is 82.6 Å². The second kappa shape index (κ2) is 16.6. The van der Waals surface area contributed by atoms with Crippen molar-refractivity contribution in [2.24, 2.45) is 0 Å². The van der Waals surface area contributed by atoms with Gasteiger partial charge in [-0.15, -0.1) is 0 Å². The van der Waals surface area contributed by atoms with Gasteiger partial charge in [0.15, 0.2) is 29.5 Å². The molecule has 0 aliphatic carbocycles. The topological polar surface area (TPSA) is 148 Å². The van der Waals surface area contributed by atoms with Gasteiger partial charge in [0.25, 0.3) is 5.91 Å². The van der Waals surface area contributed by atoms with Gasteiger partial charge in [-0.05, 0) is 72.4 Å². The van der Waals surface area contributed by atoms with E-state index in [1.807, 2.05) is 84.9 Å². The van der Waals surface area contributed by atoms with Crippen molar-refractivity contribution in [1.82, 2.24) is 19.5 Å². The minimum atomic E-state index is -1.15. The minimum Gasteiger partial charge on any atom is -0.497 e. The van der Waals surface area contributed by atoms with Crippen LogP contribution in [-0.2, 0) is 24.5 Å². The molecule has 2 aromatic heterocycles. The first-order valence-corrected chi connectivity index (χ1v) is 18.6. The van der Waals surface area contributed by atoms with Crippen LogP contribution in [0.2, 0.25) is 0 Å². The number of amides is 1. The van der Waals surface area contributed by atoms with Crippen LogP contribution in [0.4, 0.5) is 5.82 Å². The number of rotatable bonds is 13. The van der Waals surface area contributed by atoms with Crippen LogP contribution in [0, 0.1) is 0 Å². The van der Waals surface area contributed by atoms with Gasteiger partial charge in [-0.1, -0.05) is 72.8 Å². The zero-order valence-electron chi connectivity index (χ0n) is 31.1. The number of aromatic nitrogens is 4. The number of carbonyl (C=O) groups is 1. The van der Waals surface area contributed by atoms with Crippen molar-refractivity contribution in [2.75, 3.05) is 32.8 Å². The maximum atomic E-state index is 13.1. The second-order valence-electron chi connectivity index (χ2n) is 13.6. The Labute approximate surface area is 324 Å². The Morgan fingerprint density at radius 1 is 0.839 bits per heavy atom. The second-order valence-corrected chi connectivity index (χ2v) is 13.6. The van der Waals surface area contributed by atoms with E-state index in [9.17, 15) is 9.90 Å². The van der Waals surface area contributed by atoms with Gasteiger partial charge >= 0.3 is 0 Å². The quantitative estimate of drug-likeness (QED) is 0.128. The lowest BCUT2D eigenvalue weighted by Crippen LogP contribution is -2.42. The molecule has 2 aliphatic rings. The maximum Gasteiger partial charge on any atom is 0.256 e. The first-order valence-electron chi connectivity index (χ1n) is 18.6. The van der Waals surface area contributed by atoms with Gasteiger partial charge in [0, 0.05) is 12.2 Å². The Kier molecular flexibility index (Phi) is 11.0. The molecule has 2 saturated heterocycles. The Morgan fingerprint density at radius 3 is 2.11 bits per heavy atom. The van der Waals surface area contributed by atoms with E-state index in [0.29, 0.717) is 41.3 Å². The summed E-state index contributed by atoms with van der Waals surface area (Å²) in [6.07, 6.45) is 1.09. The number of hydrogen-bond acceptors (Lipinski definition) is 11. The molecule has 4 heterocycles. The highest BCUT2D eigenvalue weighted by Crippen LogP contribution is 2.43. The predicted octanol–water partition coefficient (Wildman–Crippen LogP) is 6.27. The van der Waals surface area contributed by atoms with E-state index >= 15 is 0 Å². The highest BCUT2D eigenvalue weighted by molar-refractivity contribution is 6.06. The number of nitrogens with one attached hydrogen (secondary N) is 1. The predicted molar refractivity (Wildman–Crippen MR) is 206 cm³/mol. The van der Waals surface area contributed by atoms with Crippen molar-refractivity contribution in [3.63, 3.8) is 0 Å². The van der Waals surface area contributed by atoms with Crippen LogP contribution in [0.1, 0.15) is 52.5 Å². The number of hydrogen-bond donors (Lipinski definition) is 2. The van der Waals surface area contributed by atoms with Gasteiger partial charge < -0.3 is 38.8 Å². The number of methoxy groups -OCH3 is 2. The van der Waals surface area contributed by atoms with Crippen LogP contribution in [0.5, 0.6) is 11.5 Å². The van der Waals surface area contributed by atoms with E-state index in [1.165, 1.54) is 6.33 Å². The van der Waals surface area contributed by atoms with E-state index in [-0.39, 0.29) is 18.3 Å². The van der Waals surface area contributed by atoms with Crippen molar-refractivity contribution < 1.29 is 38.3 Å². The largest absolute Gasteiger partial charge is 0.497 e. The molecule has 0 spiro atoms. The summed E-state index contributed by atoms with van der Waals surface area (Å²) < 4.78 is 39.1. The van der Waals surface area contributed by atoms with Crippen molar-refractivity contribution >= 4 is 22.9 Å². The van der Waals surface area contributed by atoms with E-state index < -0.39 is 36.4 Å². The number of benzene rings is 4. The highest BCUT2D eigenvalue weighted by atomic mass is 16.7. The molecule has 5 atom stereocenters. The number of nitrogens with zero attached hydrogens (tertiary/aromatic N) is 4. The fourth-order valence-corrected chi connectivity index (χ4v) is 7.40. The Morgan fingerprint density at radius 2 is 1.48 bits per heavy atom. The summed E-state index contributed by atoms with van der Waals surface area (Å²) in [6.45, 7) is 0.510. The molecule has 1 amide bonds. The molecular weight excluding hydrogens is 714 g/mol. The summed E-state index contributed by atoms with van der Waals surface area (Å²) in [6, 6.07) is 34.2. The summed E-state index contributed by atoms with van der Waals surface area (Å²) in [5.41, 5.74) is 2.60. The smallest absolute Gasteiger partial charge is 0.256 e. The Bertz CT molecular complexity index is 2170. The van der Waals surface area contributed by atoms with Crippen LogP contribution >= 0.6 is 0 Å². The average Bonchev–Trinajstić information content (AvgIpc) is 3.83. The number of fused-ring (bicyclic) bond motifs is 1. The maximum absolute atomic E-state index is 13.1. The molecule has 8 rings (SSSR count). The van der Waals surface area contributed by atoms with E-state index in [1.54, 1.807) is 49.4 Å². The Hall–Kier alpha value is -5.70. The number of ether oxygens (including phenoxy) is 6. The van der Waals surface area contributed by atoms with Gasteiger partial charge in [-0.2, -0.15) is 0 Å². The highest BCUT2D eigenvalue weighted by Gasteiger charge is 2.49. The molecule has 2 N–H and O–H groups in total. The summed E-state index contributed by atoms with van der Waals surface area (Å²) in [5, 5.41) is 15.0. The molecule has 0 unspecified atom stereocenters. The van der Waals surface area contributed by atoms with E-state index in [2.05, 4.69) is 20.3 Å². The monoisotopic (exact) mass is 757 g/mol. The SMILES string of the molecule is COc1ccc(C(OC[C@H]2O[C@@H](n3cnc4c(NC(=O)c5ccccc5)ncnc43)[C@H](O[C@@H]3CCCCO3)[C@@H]2O)(c2ccccc2)c2ccc(OC)cc2)cc1. The molecule has 56 heavy (non-hydrogen) atoms. The summed E-state index contributed by atoms with van der Waals surface area (Å²) >= 11 is 0. The minimum absolute atomic E-state index is 0.0456. The lowest BCUT2D eigenvalue weighted by atomic mass is 9.80. The van der Waals surface area contributed by atoms with Crippen LogP contribution in [0.25, 0.3) is 11.2 Å². The molecule has 13 nitrogen and oxygen atoms in total. The van der Waals surface area contributed by atoms with Gasteiger partial charge in [0.2, 0.25) is 0 Å². The average molecular weight is 758 g/mol. The lowest BCUT2D eigenvalue weighted by molar-refractivity contribution is -0.215. The van der Waals surface area contributed by atoms with Crippen molar-refractivity contribution in [2.45, 2.75) is 55.7 Å². The number of aliphatic hydroxyl groups excluding tert-OH is 1. The van der Waals surface area contributed by atoms with Gasteiger partial charge in [0.05, 0.1) is 27.2 Å². The first kappa shape index (κ1) is 37.2. The lowest BCUT2D eigenvalue weighted by Gasteiger charge is -2.37. The number of anilines is 1. The van der Waals surface area contributed by atoms with Crippen molar-refractivity contribution in [1.29, 1.82) is 0 Å². The molecule has 0 bridgehead atoms. The fourth-order valence-electron chi connectivity index (χ4n) is 7.40. The van der Waals surface area contributed by atoms with Crippen molar-refractivity contribution in [3.8, 4) is 11.5 Å². The molecule has 6 aromatic rings. The third kappa shape index (κ3) is 7.34. The number of imidazole rings is 1. The molecule has 288 valence electrons. The first-order chi connectivity index (χ1) is 27.5. The normalized spacial score (nSPS) is 21.2. The molecule has 0 radical (unpaired) electrons. The van der Waals surface area contributed by atoms with Gasteiger partial charge in [-0.3, -0.25) is 9.36 Å². The molecular formula is C43H43N5O8. The standard InChI is InChI=1S/C43H43N5O8/c1-51-32-20-16-30(17-21-32)43(29-13-7-4-8-14-29,31-18-22-33(52-2)23-19-31)54-25-34-37(49)38(56-35-15-9-10-24-53-35)42(55-34)48-27-46-36-39(44-26-45-40(36)48)47-41(50)28-11-5-3-6-12-28/h3-8,11-14,16-23,26-27,34-35,37-38,42,49H,9-10,15,24-25H2,1-2H3,(H,44,45,47,50)/t34-,35-,37-,38-,42-/m1/s1. The van der Waals surface area contributed by atoms with Crippen molar-refractivity contribution in [3.05, 3.63) is 144 Å². The number of aliphatic hydroxyl groups is 1. The number of carbonyl (C=O) groups excluding carboxylic acids is 1. The van der Waals surface area contributed by atoms with Crippen LogP contribution < -0.4 is 14.8 Å². The summed E-state index contributed by atoms with van der Waals surface area (Å²) in [4.78, 5) is 26.5. The Balaban J connectivity index is 1.15. The third-order valence-corrected chi connectivity index (χ3v) is 10.3. The fraction of sp³-hybridized carbons (Fsp3) is 0.302. The molecule has 13 heteroatoms. The zero-order chi connectivity index (χ0) is 38.5.